The van der Waals surface area contributed by atoms with Crippen molar-refractivity contribution in [1.29, 1.82) is 0 Å². The van der Waals surface area contributed by atoms with Crippen LogP contribution in [0.1, 0.15) is 24.7 Å². The van der Waals surface area contributed by atoms with E-state index in [0.717, 1.165) is 11.4 Å². The van der Waals surface area contributed by atoms with E-state index in [0.29, 0.717) is 24.0 Å². The third-order valence-electron chi connectivity index (χ3n) is 4.27. The first-order valence-electron chi connectivity index (χ1n) is 8.68. The third kappa shape index (κ3) is 3.99. The van der Waals surface area contributed by atoms with Crippen molar-refractivity contribution in [2.75, 3.05) is 0 Å². The fourth-order valence-electron chi connectivity index (χ4n) is 3.00. The molecule has 0 aliphatic heterocycles. The van der Waals surface area contributed by atoms with Gasteiger partial charge in [0.15, 0.2) is 0 Å². The van der Waals surface area contributed by atoms with E-state index in [1.165, 1.54) is 10.9 Å². The lowest BCUT2D eigenvalue weighted by molar-refractivity contribution is -0.122. The highest BCUT2D eigenvalue weighted by Gasteiger charge is 2.11. The lowest BCUT2D eigenvalue weighted by Crippen LogP contribution is -2.37. The summed E-state index contributed by atoms with van der Waals surface area (Å²) in [5.74, 6) is -0.0981. The summed E-state index contributed by atoms with van der Waals surface area (Å²) >= 11 is 0. The molecule has 2 heterocycles. The minimum absolute atomic E-state index is 0.0491. The van der Waals surface area contributed by atoms with E-state index >= 15 is 0 Å². The molecule has 2 aromatic heterocycles. The molecule has 0 saturated carbocycles. The largest absolute Gasteiger partial charge is 0.352 e. The van der Waals surface area contributed by atoms with Gasteiger partial charge in [-0.15, -0.1) is 0 Å². The molecule has 0 saturated heterocycles. The third-order valence-corrected chi connectivity index (χ3v) is 4.27. The predicted octanol–water partition coefficient (Wildman–Crippen LogP) is 1.80. The second kappa shape index (κ2) is 7.51. The molecule has 26 heavy (non-hydrogen) atoms. The summed E-state index contributed by atoms with van der Waals surface area (Å²) in [4.78, 5) is 28.9. The smallest absolute Gasteiger partial charge is 0.261 e. The summed E-state index contributed by atoms with van der Waals surface area (Å²) in [5, 5.41) is 7.92. The number of rotatable bonds is 6. The van der Waals surface area contributed by atoms with E-state index in [-0.39, 0.29) is 23.9 Å². The molecule has 1 amide bonds. The second-order valence-electron chi connectivity index (χ2n) is 6.59. The van der Waals surface area contributed by atoms with E-state index in [9.17, 15) is 9.59 Å². The van der Waals surface area contributed by atoms with Crippen LogP contribution in [0.5, 0.6) is 0 Å². The highest BCUT2D eigenvalue weighted by atomic mass is 16.2. The Morgan fingerprint density at radius 2 is 2.04 bits per heavy atom. The SMILES string of the molecule is Cc1cc(C)n(C[C@H](C)NC(=O)CCn2cnc3ccccc3c2=O)n1. The molecule has 0 bridgehead atoms. The van der Waals surface area contributed by atoms with Gasteiger partial charge in [0, 0.05) is 24.7 Å². The standard InChI is InChI=1S/C19H23N5O2/c1-13-10-15(3)24(22-13)11-14(2)21-18(25)8-9-23-12-20-17-7-5-4-6-16(17)19(23)26/h4-7,10,12,14H,8-9,11H2,1-3H3,(H,21,25)/t14-/m0/s1. The zero-order chi connectivity index (χ0) is 18.7. The Morgan fingerprint density at radius 3 is 2.77 bits per heavy atom. The average molecular weight is 353 g/mol. The van der Waals surface area contributed by atoms with Crippen LogP contribution in [-0.2, 0) is 17.9 Å². The molecule has 0 aliphatic rings. The van der Waals surface area contributed by atoms with E-state index in [2.05, 4.69) is 15.4 Å². The fraction of sp³-hybridized carbons (Fsp3) is 0.368. The van der Waals surface area contributed by atoms with Crippen LogP contribution >= 0.6 is 0 Å². The number of aryl methyl sites for hydroxylation is 3. The van der Waals surface area contributed by atoms with Crippen LogP contribution in [0.15, 0.2) is 41.5 Å². The van der Waals surface area contributed by atoms with Gasteiger partial charge < -0.3 is 5.32 Å². The summed E-state index contributed by atoms with van der Waals surface area (Å²) in [6, 6.07) is 9.16. The maximum atomic E-state index is 12.4. The molecule has 0 unspecified atom stereocenters. The number of benzene rings is 1. The van der Waals surface area contributed by atoms with Crippen molar-refractivity contribution in [2.45, 2.75) is 46.3 Å². The van der Waals surface area contributed by atoms with Gasteiger partial charge in [-0.3, -0.25) is 18.8 Å². The summed E-state index contributed by atoms with van der Waals surface area (Å²) in [6.07, 6.45) is 1.72. The second-order valence-corrected chi connectivity index (χ2v) is 6.59. The molecule has 0 spiro atoms. The lowest BCUT2D eigenvalue weighted by Gasteiger charge is -2.15. The van der Waals surface area contributed by atoms with Crippen LogP contribution in [0, 0.1) is 13.8 Å². The van der Waals surface area contributed by atoms with Crippen molar-refractivity contribution in [3.05, 3.63) is 58.4 Å². The average Bonchev–Trinajstić information content (AvgIpc) is 2.91. The molecule has 1 aromatic carbocycles. The van der Waals surface area contributed by atoms with Gasteiger partial charge in [0.2, 0.25) is 5.91 Å². The molecular formula is C19H23N5O2. The van der Waals surface area contributed by atoms with Crippen LogP contribution in [-0.4, -0.2) is 31.3 Å². The highest BCUT2D eigenvalue weighted by molar-refractivity contribution is 5.77. The summed E-state index contributed by atoms with van der Waals surface area (Å²) in [5.41, 5.74) is 2.57. The topological polar surface area (TPSA) is 81.8 Å². The Hall–Kier alpha value is -2.96. The number of hydrogen-bond acceptors (Lipinski definition) is 4. The number of nitrogens with one attached hydrogen (secondary N) is 1. The number of carbonyl (C=O) groups is 1. The van der Waals surface area contributed by atoms with Crippen molar-refractivity contribution in [3.8, 4) is 0 Å². The predicted molar refractivity (Wildman–Crippen MR) is 99.9 cm³/mol. The molecule has 1 N–H and O–H groups in total. The van der Waals surface area contributed by atoms with E-state index < -0.39 is 0 Å². The van der Waals surface area contributed by atoms with Crippen molar-refractivity contribution in [2.24, 2.45) is 0 Å². The van der Waals surface area contributed by atoms with Gasteiger partial charge in [0.1, 0.15) is 0 Å². The normalized spacial score (nSPS) is 12.3. The van der Waals surface area contributed by atoms with Gasteiger partial charge in [-0.2, -0.15) is 5.10 Å². The van der Waals surface area contributed by atoms with Crippen molar-refractivity contribution in [3.63, 3.8) is 0 Å². The van der Waals surface area contributed by atoms with Crippen LogP contribution in [0.4, 0.5) is 0 Å². The molecule has 0 radical (unpaired) electrons. The minimum atomic E-state index is -0.126. The first-order valence-corrected chi connectivity index (χ1v) is 8.68. The Kier molecular flexibility index (Phi) is 5.16. The molecule has 1 atom stereocenters. The summed E-state index contributed by atoms with van der Waals surface area (Å²) in [7, 11) is 0. The Balaban J connectivity index is 1.58. The van der Waals surface area contributed by atoms with E-state index in [1.54, 1.807) is 12.1 Å². The number of para-hydroxylation sites is 1. The quantitative estimate of drug-likeness (QED) is 0.733. The number of fused-ring (bicyclic) bond motifs is 1. The van der Waals surface area contributed by atoms with E-state index in [4.69, 9.17) is 0 Å². The number of carbonyl (C=O) groups excluding carboxylic acids is 1. The first kappa shape index (κ1) is 17.8. The van der Waals surface area contributed by atoms with Gasteiger partial charge in [0.05, 0.1) is 29.5 Å². The van der Waals surface area contributed by atoms with Crippen LogP contribution in [0.2, 0.25) is 0 Å². The van der Waals surface area contributed by atoms with Gasteiger partial charge in [-0.1, -0.05) is 12.1 Å². The number of nitrogens with zero attached hydrogens (tertiary/aromatic N) is 4. The molecule has 0 aliphatic carbocycles. The van der Waals surface area contributed by atoms with Gasteiger partial charge in [0.25, 0.3) is 5.56 Å². The van der Waals surface area contributed by atoms with Gasteiger partial charge in [-0.25, -0.2) is 4.98 Å². The molecule has 0 fully saturated rings. The summed E-state index contributed by atoms with van der Waals surface area (Å²) < 4.78 is 3.37. The zero-order valence-electron chi connectivity index (χ0n) is 15.3. The van der Waals surface area contributed by atoms with Crippen molar-refractivity contribution < 1.29 is 4.79 Å². The van der Waals surface area contributed by atoms with E-state index in [1.807, 2.05) is 43.7 Å². The van der Waals surface area contributed by atoms with Crippen LogP contribution in [0.3, 0.4) is 0 Å². The monoisotopic (exact) mass is 353 g/mol. The molecule has 136 valence electrons. The molecule has 3 rings (SSSR count). The molecular weight excluding hydrogens is 330 g/mol. The Bertz CT molecular complexity index is 989. The minimum Gasteiger partial charge on any atom is -0.352 e. The number of amides is 1. The number of hydrogen-bond donors (Lipinski definition) is 1. The van der Waals surface area contributed by atoms with Crippen LogP contribution in [0.25, 0.3) is 10.9 Å². The lowest BCUT2D eigenvalue weighted by atomic mass is 10.2. The Labute approximate surface area is 151 Å². The maximum Gasteiger partial charge on any atom is 0.261 e. The first-order chi connectivity index (χ1) is 12.4. The fourth-order valence-corrected chi connectivity index (χ4v) is 3.00. The zero-order valence-corrected chi connectivity index (χ0v) is 15.3. The van der Waals surface area contributed by atoms with Crippen LogP contribution < -0.4 is 10.9 Å². The number of aromatic nitrogens is 4. The molecule has 7 nitrogen and oxygen atoms in total. The summed E-state index contributed by atoms with van der Waals surface area (Å²) in [6.45, 7) is 6.80. The van der Waals surface area contributed by atoms with Crippen molar-refractivity contribution in [1.82, 2.24) is 24.6 Å². The van der Waals surface area contributed by atoms with Gasteiger partial charge >= 0.3 is 0 Å². The van der Waals surface area contributed by atoms with Gasteiger partial charge in [-0.05, 0) is 39.0 Å². The highest BCUT2D eigenvalue weighted by Crippen LogP contribution is 2.05. The maximum absolute atomic E-state index is 12.4. The molecule has 3 aromatic rings. The van der Waals surface area contributed by atoms with Crippen molar-refractivity contribution >= 4 is 16.8 Å². The molecule has 7 heteroatoms. The Morgan fingerprint density at radius 1 is 1.27 bits per heavy atom.